The van der Waals surface area contributed by atoms with Crippen molar-refractivity contribution in [1.82, 2.24) is 0 Å². The van der Waals surface area contributed by atoms with Gasteiger partial charge in [-0.3, -0.25) is 4.79 Å². The number of carbonyl (C=O) groups excluding carboxylic acids is 1. The summed E-state index contributed by atoms with van der Waals surface area (Å²) in [6.07, 6.45) is 0.796. The molecule has 0 aromatic heterocycles. The third-order valence-corrected chi connectivity index (χ3v) is 1.77. The quantitative estimate of drug-likeness (QED) is 0.556. The van der Waals surface area contributed by atoms with Crippen molar-refractivity contribution in [3.63, 3.8) is 0 Å². The Hall–Kier alpha value is -1.29. The maximum Gasteiger partial charge on any atom is 0.188 e. The van der Waals surface area contributed by atoms with Gasteiger partial charge in [-0.2, -0.15) is 0 Å². The molecule has 0 aliphatic carbocycles. The molecule has 4 heteroatoms. The Morgan fingerprint density at radius 1 is 1.27 bits per heavy atom. The van der Waals surface area contributed by atoms with E-state index in [1.54, 1.807) is 0 Å². The van der Waals surface area contributed by atoms with Gasteiger partial charge in [0.1, 0.15) is 18.2 Å². The predicted molar refractivity (Wildman–Crippen MR) is 51.8 cm³/mol. The van der Waals surface area contributed by atoms with Crippen LogP contribution in [0.15, 0.2) is 18.2 Å². The smallest absolute Gasteiger partial charge is 0.188 e. The van der Waals surface area contributed by atoms with Crippen LogP contribution in [0.4, 0.5) is 8.78 Å². The minimum atomic E-state index is -0.756. The van der Waals surface area contributed by atoms with Crippen LogP contribution in [0.1, 0.15) is 23.7 Å². The summed E-state index contributed by atoms with van der Waals surface area (Å²) in [5.74, 6) is -1.93. The van der Waals surface area contributed by atoms with E-state index in [9.17, 15) is 13.6 Å². The first-order valence-electron chi connectivity index (χ1n) is 4.70. The molecule has 0 fully saturated rings. The van der Waals surface area contributed by atoms with Gasteiger partial charge in [0.05, 0.1) is 0 Å². The van der Waals surface area contributed by atoms with E-state index in [1.165, 1.54) is 0 Å². The van der Waals surface area contributed by atoms with Gasteiger partial charge in [-0.05, 0) is 18.6 Å². The second-order valence-electron chi connectivity index (χ2n) is 3.13. The Morgan fingerprint density at radius 2 is 1.87 bits per heavy atom. The van der Waals surface area contributed by atoms with E-state index < -0.39 is 17.4 Å². The van der Waals surface area contributed by atoms with Crippen molar-refractivity contribution in [3.05, 3.63) is 35.4 Å². The fraction of sp³-hybridized carbons (Fsp3) is 0.364. The van der Waals surface area contributed by atoms with Gasteiger partial charge in [-0.15, -0.1) is 0 Å². The van der Waals surface area contributed by atoms with Gasteiger partial charge in [0.15, 0.2) is 5.78 Å². The summed E-state index contributed by atoms with van der Waals surface area (Å²) in [7, 11) is 0. The van der Waals surface area contributed by atoms with Gasteiger partial charge < -0.3 is 4.74 Å². The molecular formula is C11H12F2O2. The summed E-state index contributed by atoms with van der Waals surface area (Å²) in [4.78, 5) is 11.4. The van der Waals surface area contributed by atoms with Crippen molar-refractivity contribution in [2.45, 2.75) is 13.3 Å². The fourth-order valence-electron chi connectivity index (χ4n) is 1.11. The molecule has 15 heavy (non-hydrogen) atoms. The van der Waals surface area contributed by atoms with Crippen molar-refractivity contribution in [2.24, 2.45) is 0 Å². The summed E-state index contributed by atoms with van der Waals surface area (Å²) in [6.45, 7) is 2.23. The van der Waals surface area contributed by atoms with E-state index in [0.717, 1.165) is 24.6 Å². The fourth-order valence-corrected chi connectivity index (χ4v) is 1.11. The zero-order chi connectivity index (χ0) is 11.3. The van der Waals surface area contributed by atoms with Crippen molar-refractivity contribution >= 4 is 5.78 Å². The maximum absolute atomic E-state index is 12.7. The molecule has 0 aliphatic heterocycles. The summed E-state index contributed by atoms with van der Waals surface area (Å²) in [5.41, 5.74) is 0.00334. The lowest BCUT2D eigenvalue weighted by Crippen LogP contribution is -2.10. The molecule has 82 valence electrons. The molecule has 0 heterocycles. The average Bonchev–Trinajstić information content (AvgIpc) is 2.16. The van der Waals surface area contributed by atoms with E-state index in [0.29, 0.717) is 6.61 Å². The number of hydrogen-bond donors (Lipinski definition) is 0. The first kappa shape index (κ1) is 11.8. The molecule has 1 rings (SSSR count). The van der Waals surface area contributed by atoms with Gasteiger partial charge >= 0.3 is 0 Å². The van der Waals surface area contributed by atoms with Gasteiger partial charge in [-0.25, -0.2) is 8.78 Å². The van der Waals surface area contributed by atoms with Crippen molar-refractivity contribution < 1.29 is 18.3 Å². The molecule has 2 nitrogen and oxygen atoms in total. The highest BCUT2D eigenvalue weighted by molar-refractivity contribution is 5.97. The molecule has 0 spiro atoms. The first-order chi connectivity index (χ1) is 7.13. The lowest BCUT2D eigenvalue weighted by molar-refractivity contribution is 0.0760. The van der Waals surface area contributed by atoms with Crippen LogP contribution < -0.4 is 0 Å². The van der Waals surface area contributed by atoms with Gasteiger partial charge in [0.2, 0.25) is 0 Å². The number of benzene rings is 1. The largest absolute Gasteiger partial charge is 0.373 e. The molecule has 1 aromatic carbocycles. The molecular weight excluding hydrogens is 202 g/mol. The van der Waals surface area contributed by atoms with Crippen LogP contribution in [-0.2, 0) is 4.74 Å². The van der Waals surface area contributed by atoms with Crippen molar-refractivity contribution in [1.29, 1.82) is 0 Å². The molecule has 0 amide bonds. The summed E-state index contributed by atoms with van der Waals surface area (Å²) < 4.78 is 30.5. The molecule has 1 aromatic rings. The molecule has 0 saturated heterocycles. The second kappa shape index (κ2) is 5.56. The van der Waals surface area contributed by atoms with Crippen molar-refractivity contribution in [2.75, 3.05) is 13.2 Å². The Balaban J connectivity index is 2.65. The normalized spacial score (nSPS) is 10.3. The average molecular weight is 214 g/mol. The summed E-state index contributed by atoms with van der Waals surface area (Å²) in [5, 5.41) is 0. The van der Waals surface area contributed by atoms with Crippen molar-refractivity contribution in [3.8, 4) is 0 Å². The Morgan fingerprint density at radius 3 is 2.40 bits per heavy atom. The topological polar surface area (TPSA) is 26.3 Å². The Labute approximate surface area is 86.9 Å². The minimum Gasteiger partial charge on any atom is -0.373 e. The molecule has 0 bridgehead atoms. The molecule has 0 saturated carbocycles. The van der Waals surface area contributed by atoms with E-state index in [4.69, 9.17) is 4.74 Å². The van der Waals surface area contributed by atoms with Gasteiger partial charge in [0, 0.05) is 18.2 Å². The van der Waals surface area contributed by atoms with Crippen LogP contribution in [-0.4, -0.2) is 19.0 Å². The number of Topliss-reactive ketones (excluding diaryl/α,β-unsaturated/α-hetero) is 1. The predicted octanol–water partition coefficient (Wildman–Crippen LogP) is 2.57. The Bertz CT molecular complexity index is 330. The highest BCUT2D eigenvalue weighted by Gasteiger charge is 2.08. The summed E-state index contributed by atoms with van der Waals surface area (Å²) in [6, 6.07) is 2.73. The molecule has 0 radical (unpaired) electrons. The maximum atomic E-state index is 12.7. The standard InChI is InChI=1S/C11H12F2O2/c1-2-3-15-7-11(14)8-4-9(12)6-10(13)5-8/h4-6H,2-3,7H2,1H3. The number of ketones is 1. The highest BCUT2D eigenvalue weighted by atomic mass is 19.1. The highest BCUT2D eigenvalue weighted by Crippen LogP contribution is 2.08. The van der Waals surface area contributed by atoms with Crippen LogP contribution in [0.25, 0.3) is 0 Å². The molecule has 0 atom stereocenters. The number of rotatable bonds is 5. The lowest BCUT2D eigenvalue weighted by atomic mass is 10.1. The third kappa shape index (κ3) is 3.75. The third-order valence-electron chi connectivity index (χ3n) is 1.77. The van der Waals surface area contributed by atoms with Gasteiger partial charge in [-0.1, -0.05) is 6.92 Å². The lowest BCUT2D eigenvalue weighted by Gasteiger charge is -2.02. The zero-order valence-corrected chi connectivity index (χ0v) is 8.43. The summed E-state index contributed by atoms with van der Waals surface area (Å²) >= 11 is 0. The monoisotopic (exact) mass is 214 g/mol. The van der Waals surface area contributed by atoms with E-state index in [1.807, 2.05) is 6.92 Å². The second-order valence-corrected chi connectivity index (χ2v) is 3.13. The minimum absolute atomic E-state index is 0.00334. The number of carbonyl (C=O) groups is 1. The molecule has 0 aliphatic rings. The van der Waals surface area contributed by atoms with Crippen LogP contribution in [0.3, 0.4) is 0 Å². The van der Waals surface area contributed by atoms with Crippen LogP contribution in [0.5, 0.6) is 0 Å². The molecule has 0 unspecified atom stereocenters. The van der Waals surface area contributed by atoms with Crippen LogP contribution >= 0.6 is 0 Å². The number of ether oxygens (including phenoxy) is 1. The van der Waals surface area contributed by atoms with Gasteiger partial charge in [0.25, 0.3) is 0 Å². The first-order valence-corrected chi connectivity index (χ1v) is 4.70. The SMILES string of the molecule is CCCOCC(=O)c1cc(F)cc(F)c1. The molecule has 0 N–H and O–H groups in total. The number of halogens is 2. The van der Waals surface area contributed by atoms with E-state index >= 15 is 0 Å². The van der Waals surface area contributed by atoms with Crippen LogP contribution in [0.2, 0.25) is 0 Å². The number of hydrogen-bond acceptors (Lipinski definition) is 2. The van der Waals surface area contributed by atoms with E-state index in [-0.39, 0.29) is 12.2 Å². The Kier molecular flexibility index (Phi) is 4.37. The zero-order valence-electron chi connectivity index (χ0n) is 8.43. The van der Waals surface area contributed by atoms with E-state index in [2.05, 4.69) is 0 Å². The van der Waals surface area contributed by atoms with Crippen LogP contribution in [0, 0.1) is 11.6 Å².